The van der Waals surface area contributed by atoms with E-state index in [0.717, 1.165) is 0 Å². The first-order chi connectivity index (χ1) is 6.83. The van der Waals surface area contributed by atoms with Gasteiger partial charge in [0.05, 0.1) is 12.0 Å². The summed E-state index contributed by atoms with van der Waals surface area (Å²) < 4.78 is 5.24. The highest BCUT2D eigenvalue weighted by molar-refractivity contribution is 5.68. The molecule has 2 atom stereocenters. The van der Waals surface area contributed by atoms with Crippen molar-refractivity contribution < 1.29 is 9.53 Å². The molecule has 4 nitrogen and oxygen atoms in total. The number of amides is 1. The molecule has 84 valence electrons. The van der Waals surface area contributed by atoms with Gasteiger partial charge >= 0.3 is 6.09 Å². The zero-order chi connectivity index (χ0) is 11.6. The van der Waals surface area contributed by atoms with Crippen LogP contribution in [-0.2, 0) is 4.74 Å². The largest absolute Gasteiger partial charge is 0.444 e. The van der Waals surface area contributed by atoms with E-state index in [1.54, 1.807) is 4.90 Å². The van der Waals surface area contributed by atoms with Crippen molar-refractivity contribution in [2.24, 2.45) is 11.8 Å². The van der Waals surface area contributed by atoms with Crippen LogP contribution in [0.2, 0.25) is 0 Å². The van der Waals surface area contributed by atoms with Gasteiger partial charge in [-0.3, -0.25) is 0 Å². The second-order valence-corrected chi connectivity index (χ2v) is 5.10. The van der Waals surface area contributed by atoms with Crippen molar-refractivity contribution in [2.75, 3.05) is 13.1 Å². The summed E-state index contributed by atoms with van der Waals surface area (Å²) in [5, 5.41) is 8.84. The van der Waals surface area contributed by atoms with E-state index in [1.165, 1.54) is 0 Å². The fraction of sp³-hybridized carbons (Fsp3) is 0.818. The number of carbonyl (C=O) groups is 1. The van der Waals surface area contributed by atoms with Crippen LogP contribution in [0.25, 0.3) is 0 Å². The van der Waals surface area contributed by atoms with Crippen LogP contribution in [-0.4, -0.2) is 29.7 Å². The van der Waals surface area contributed by atoms with Gasteiger partial charge in [0.1, 0.15) is 5.60 Å². The third-order valence-corrected chi connectivity index (χ3v) is 2.43. The number of ether oxygens (including phenoxy) is 1. The molecule has 0 aromatic heterocycles. The fourth-order valence-corrected chi connectivity index (χ4v) is 1.61. The minimum absolute atomic E-state index is 0.0579. The molecule has 1 rings (SSSR count). The molecule has 1 fully saturated rings. The van der Waals surface area contributed by atoms with Gasteiger partial charge in [-0.15, -0.1) is 0 Å². The summed E-state index contributed by atoms with van der Waals surface area (Å²) in [7, 11) is 0. The van der Waals surface area contributed by atoms with E-state index in [1.807, 2.05) is 27.7 Å². The Balaban J connectivity index is 2.54. The Morgan fingerprint density at radius 2 is 2.07 bits per heavy atom. The molecule has 0 aromatic carbocycles. The lowest BCUT2D eigenvalue weighted by Crippen LogP contribution is -2.35. The maximum atomic E-state index is 11.7. The van der Waals surface area contributed by atoms with Crippen LogP contribution in [0.15, 0.2) is 0 Å². The number of nitrogens with zero attached hydrogens (tertiary/aromatic N) is 2. The Morgan fingerprint density at radius 3 is 2.47 bits per heavy atom. The van der Waals surface area contributed by atoms with Crippen LogP contribution >= 0.6 is 0 Å². The second kappa shape index (κ2) is 4.09. The standard InChI is InChI=1S/C11H18N2O2/c1-8-6-13(7-9(8)5-12)10(14)15-11(2,3)4/h8-9H,6-7H2,1-4H3/t8-,9-/m1/s1. The summed E-state index contributed by atoms with van der Waals surface area (Å²) in [4.78, 5) is 13.3. The predicted molar refractivity (Wildman–Crippen MR) is 56.1 cm³/mol. The molecule has 0 saturated carbocycles. The summed E-state index contributed by atoms with van der Waals surface area (Å²) in [5.41, 5.74) is -0.467. The summed E-state index contributed by atoms with van der Waals surface area (Å²) in [6.45, 7) is 8.61. The zero-order valence-corrected chi connectivity index (χ0v) is 9.78. The highest BCUT2D eigenvalue weighted by Gasteiger charge is 2.34. The Bertz CT molecular complexity index is 288. The average Bonchev–Trinajstić information content (AvgIpc) is 2.43. The Morgan fingerprint density at radius 1 is 1.47 bits per heavy atom. The van der Waals surface area contributed by atoms with Crippen molar-refractivity contribution in [3.8, 4) is 6.07 Å². The molecule has 0 aliphatic carbocycles. The van der Waals surface area contributed by atoms with Gasteiger partial charge in [0.2, 0.25) is 0 Å². The molecule has 0 radical (unpaired) electrons. The molecule has 4 heteroatoms. The van der Waals surface area contributed by atoms with Crippen molar-refractivity contribution in [2.45, 2.75) is 33.3 Å². The summed E-state index contributed by atoms with van der Waals surface area (Å²) in [5.74, 6) is 0.181. The minimum atomic E-state index is -0.467. The lowest BCUT2D eigenvalue weighted by molar-refractivity contribution is 0.0287. The van der Waals surface area contributed by atoms with Crippen LogP contribution in [0.1, 0.15) is 27.7 Å². The summed E-state index contributed by atoms with van der Waals surface area (Å²) in [6, 6.07) is 2.21. The minimum Gasteiger partial charge on any atom is -0.444 e. The molecule has 1 amide bonds. The van der Waals surface area contributed by atoms with E-state index in [9.17, 15) is 4.79 Å². The Kier molecular flexibility index (Phi) is 3.23. The molecule has 1 heterocycles. The van der Waals surface area contributed by atoms with E-state index >= 15 is 0 Å². The maximum Gasteiger partial charge on any atom is 0.410 e. The number of likely N-dealkylation sites (tertiary alicyclic amines) is 1. The lowest BCUT2D eigenvalue weighted by atomic mass is 10.0. The first-order valence-corrected chi connectivity index (χ1v) is 5.21. The lowest BCUT2D eigenvalue weighted by Gasteiger charge is -2.24. The van der Waals surface area contributed by atoms with Crippen LogP contribution in [0, 0.1) is 23.2 Å². The van der Waals surface area contributed by atoms with Crippen molar-refractivity contribution in [1.82, 2.24) is 4.90 Å². The predicted octanol–water partition coefficient (Wildman–Crippen LogP) is 2.01. The summed E-state index contributed by atoms with van der Waals surface area (Å²) in [6.07, 6.45) is -0.313. The Labute approximate surface area is 90.8 Å². The molecule has 1 saturated heterocycles. The molecule has 0 aromatic rings. The monoisotopic (exact) mass is 210 g/mol. The number of rotatable bonds is 0. The van der Waals surface area contributed by atoms with Crippen LogP contribution in [0.5, 0.6) is 0 Å². The van der Waals surface area contributed by atoms with Crippen molar-refractivity contribution in [3.63, 3.8) is 0 Å². The van der Waals surface area contributed by atoms with Crippen molar-refractivity contribution in [3.05, 3.63) is 0 Å². The number of carbonyl (C=O) groups excluding carboxylic acids is 1. The normalized spacial score (nSPS) is 26.2. The smallest absolute Gasteiger partial charge is 0.410 e. The van der Waals surface area contributed by atoms with Crippen LogP contribution in [0.4, 0.5) is 4.79 Å². The van der Waals surface area contributed by atoms with E-state index in [-0.39, 0.29) is 17.9 Å². The molecule has 1 aliphatic heterocycles. The molecule has 0 bridgehead atoms. The quantitative estimate of drug-likeness (QED) is 0.614. The molecular weight excluding hydrogens is 192 g/mol. The molecule has 0 N–H and O–H groups in total. The van der Waals surface area contributed by atoms with Crippen LogP contribution < -0.4 is 0 Å². The molecule has 1 aliphatic rings. The highest BCUT2D eigenvalue weighted by atomic mass is 16.6. The van der Waals surface area contributed by atoms with E-state index in [0.29, 0.717) is 13.1 Å². The molecule has 0 spiro atoms. The van der Waals surface area contributed by atoms with Gasteiger partial charge in [0.25, 0.3) is 0 Å². The summed E-state index contributed by atoms with van der Waals surface area (Å²) >= 11 is 0. The van der Waals surface area contributed by atoms with Gasteiger partial charge in [-0.25, -0.2) is 4.79 Å². The van der Waals surface area contributed by atoms with E-state index in [2.05, 4.69) is 6.07 Å². The van der Waals surface area contributed by atoms with Crippen molar-refractivity contribution in [1.29, 1.82) is 5.26 Å². The SMILES string of the molecule is C[C@@H]1CN(C(=O)OC(C)(C)C)C[C@H]1C#N. The van der Waals surface area contributed by atoms with Crippen LogP contribution in [0.3, 0.4) is 0 Å². The Hall–Kier alpha value is -1.24. The maximum absolute atomic E-state index is 11.7. The van der Waals surface area contributed by atoms with E-state index < -0.39 is 5.60 Å². The second-order valence-electron chi connectivity index (χ2n) is 5.10. The van der Waals surface area contributed by atoms with Gasteiger partial charge < -0.3 is 9.64 Å². The van der Waals surface area contributed by atoms with Gasteiger partial charge in [-0.2, -0.15) is 5.26 Å². The fourth-order valence-electron chi connectivity index (χ4n) is 1.61. The van der Waals surface area contributed by atoms with Crippen molar-refractivity contribution >= 4 is 6.09 Å². The third kappa shape index (κ3) is 3.12. The first-order valence-electron chi connectivity index (χ1n) is 5.21. The van der Waals surface area contributed by atoms with Gasteiger partial charge in [0, 0.05) is 13.1 Å². The number of hydrogen-bond donors (Lipinski definition) is 0. The zero-order valence-electron chi connectivity index (χ0n) is 9.78. The molecular formula is C11H18N2O2. The number of hydrogen-bond acceptors (Lipinski definition) is 3. The van der Waals surface area contributed by atoms with Gasteiger partial charge in [-0.1, -0.05) is 6.92 Å². The topological polar surface area (TPSA) is 53.3 Å². The van der Waals surface area contributed by atoms with E-state index in [4.69, 9.17) is 10.00 Å². The third-order valence-electron chi connectivity index (χ3n) is 2.43. The average molecular weight is 210 g/mol. The number of nitriles is 1. The molecule has 0 unspecified atom stereocenters. The van der Waals surface area contributed by atoms with Gasteiger partial charge in [0.15, 0.2) is 0 Å². The highest BCUT2D eigenvalue weighted by Crippen LogP contribution is 2.23. The first kappa shape index (κ1) is 11.8. The molecule has 15 heavy (non-hydrogen) atoms. The van der Waals surface area contributed by atoms with Gasteiger partial charge in [-0.05, 0) is 26.7 Å².